The lowest BCUT2D eigenvalue weighted by Gasteiger charge is -2.16. The summed E-state index contributed by atoms with van der Waals surface area (Å²) in [5.41, 5.74) is 12.7. The molecule has 0 radical (unpaired) electrons. The van der Waals surface area contributed by atoms with Crippen LogP contribution >= 0.6 is 0 Å². The second-order valence-corrected chi connectivity index (χ2v) is 8.81. The smallest absolute Gasteiger partial charge is 0.281 e. The van der Waals surface area contributed by atoms with Crippen LogP contribution in [0, 0.1) is 18.6 Å². The van der Waals surface area contributed by atoms with Gasteiger partial charge in [0.2, 0.25) is 5.89 Å². The van der Waals surface area contributed by atoms with Gasteiger partial charge >= 0.3 is 0 Å². The van der Waals surface area contributed by atoms with E-state index in [0.29, 0.717) is 27.6 Å². The highest BCUT2D eigenvalue weighted by Gasteiger charge is 2.32. The van der Waals surface area contributed by atoms with Crippen molar-refractivity contribution < 1.29 is 13.2 Å². The maximum atomic E-state index is 14.7. The summed E-state index contributed by atoms with van der Waals surface area (Å²) in [5, 5.41) is 0.682. The number of nitrogens with two attached hydrogens (primary N) is 2. The summed E-state index contributed by atoms with van der Waals surface area (Å²) < 4.78 is 36.4. The van der Waals surface area contributed by atoms with E-state index in [4.69, 9.17) is 15.9 Å². The molecule has 5 rings (SSSR count). The van der Waals surface area contributed by atoms with Gasteiger partial charge in [-0.3, -0.25) is 4.79 Å². The molecule has 6 nitrogen and oxygen atoms in total. The Bertz CT molecular complexity index is 1440. The molecule has 2 aromatic carbocycles. The van der Waals surface area contributed by atoms with Crippen molar-refractivity contribution in [2.45, 2.75) is 45.2 Å². The third-order valence-electron chi connectivity index (χ3n) is 5.80. The zero-order valence-corrected chi connectivity index (χ0v) is 17.4. The van der Waals surface area contributed by atoms with Crippen LogP contribution in [0.5, 0.6) is 0 Å². The average molecular weight is 424 g/mol. The van der Waals surface area contributed by atoms with Crippen molar-refractivity contribution in [2.75, 3.05) is 5.73 Å². The largest absolute Gasteiger partial charge is 0.438 e. The first kappa shape index (κ1) is 19.7. The van der Waals surface area contributed by atoms with Crippen molar-refractivity contribution in [3.8, 4) is 11.1 Å². The van der Waals surface area contributed by atoms with Gasteiger partial charge in [0, 0.05) is 23.1 Å². The molecule has 31 heavy (non-hydrogen) atoms. The van der Waals surface area contributed by atoms with Gasteiger partial charge in [0.25, 0.3) is 5.56 Å². The van der Waals surface area contributed by atoms with Crippen LogP contribution in [0.15, 0.2) is 33.5 Å². The fourth-order valence-corrected chi connectivity index (χ4v) is 4.07. The molecule has 0 unspecified atom stereocenters. The van der Waals surface area contributed by atoms with E-state index in [2.05, 4.69) is 4.98 Å². The molecule has 0 amide bonds. The molecule has 1 saturated carbocycles. The standard InChI is InChI=1S/C23H22F2N4O2/c1-10-12(14-8-16(25)17(26)9-15(14)24)6-7-13-19(10)29(11-4-5-11)21(30)18-20(13)31-22(28-18)23(2,3)27/h6-9,11H,4-5,26-27H2,1-3H3. The van der Waals surface area contributed by atoms with Gasteiger partial charge in [-0.05, 0) is 56.9 Å². The summed E-state index contributed by atoms with van der Waals surface area (Å²) in [7, 11) is 0. The van der Waals surface area contributed by atoms with Gasteiger partial charge in [-0.2, -0.15) is 0 Å². The van der Waals surface area contributed by atoms with Crippen molar-refractivity contribution >= 4 is 27.7 Å². The number of hydrogen-bond donors (Lipinski definition) is 2. The highest BCUT2D eigenvalue weighted by atomic mass is 19.1. The molecule has 160 valence electrons. The third kappa shape index (κ3) is 2.93. The lowest BCUT2D eigenvalue weighted by atomic mass is 9.96. The van der Waals surface area contributed by atoms with Crippen molar-refractivity contribution in [2.24, 2.45) is 5.73 Å². The number of oxazole rings is 1. The lowest BCUT2D eigenvalue weighted by molar-refractivity contribution is 0.395. The van der Waals surface area contributed by atoms with Crippen LogP contribution in [0.2, 0.25) is 0 Å². The highest BCUT2D eigenvalue weighted by molar-refractivity contribution is 6.04. The second-order valence-electron chi connectivity index (χ2n) is 8.81. The van der Waals surface area contributed by atoms with Crippen molar-refractivity contribution in [1.29, 1.82) is 0 Å². The average Bonchev–Trinajstić information content (AvgIpc) is 3.41. The zero-order chi connectivity index (χ0) is 22.2. The van der Waals surface area contributed by atoms with Crippen LogP contribution in [0.4, 0.5) is 14.5 Å². The van der Waals surface area contributed by atoms with E-state index in [9.17, 15) is 13.6 Å². The minimum absolute atomic E-state index is 0.0346. The first-order valence-electron chi connectivity index (χ1n) is 10.1. The summed E-state index contributed by atoms with van der Waals surface area (Å²) in [6.45, 7) is 5.29. The Labute approximate surface area is 176 Å². The molecule has 2 aromatic heterocycles. The predicted octanol–water partition coefficient (Wildman–Crippen LogP) is 4.51. The minimum atomic E-state index is -0.859. The van der Waals surface area contributed by atoms with E-state index in [1.165, 1.54) is 0 Å². The van der Waals surface area contributed by atoms with Gasteiger partial charge in [0.15, 0.2) is 11.1 Å². The minimum Gasteiger partial charge on any atom is -0.438 e. The number of aryl methyl sites for hydroxylation is 1. The Hall–Kier alpha value is -3.26. The topological polar surface area (TPSA) is 100 Å². The number of nitrogen functional groups attached to an aromatic ring is 1. The molecular weight excluding hydrogens is 402 g/mol. The van der Waals surface area contributed by atoms with E-state index in [1.54, 1.807) is 37.5 Å². The molecule has 0 aliphatic heterocycles. The van der Waals surface area contributed by atoms with Gasteiger partial charge in [0.1, 0.15) is 11.6 Å². The SMILES string of the molecule is Cc1c(-c2cc(F)c(N)cc2F)ccc2c3oc(C(C)(C)N)nc3c(=O)n(C3CC3)c12. The molecule has 1 fully saturated rings. The Morgan fingerprint density at radius 2 is 1.87 bits per heavy atom. The third-order valence-corrected chi connectivity index (χ3v) is 5.80. The molecule has 0 saturated heterocycles. The number of fused-ring (bicyclic) bond motifs is 3. The number of hydrogen-bond acceptors (Lipinski definition) is 5. The second kappa shape index (κ2) is 6.37. The van der Waals surface area contributed by atoms with Crippen LogP contribution in [0.25, 0.3) is 33.1 Å². The fraction of sp³-hybridized carbons (Fsp3) is 0.304. The monoisotopic (exact) mass is 424 g/mol. The number of benzene rings is 2. The normalized spacial score (nSPS) is 14.6. The number of pyridine rings is 1. The van der Waals surface area contributed by atoms with E-state index >= 15 is 0 Å². The summed E-state index contributed by atoms with van der Waals surface area (Å²) in [6.07, 6.45) is 1.73. The number of anilines is 1. The van der Waals surface area contributed by atoms with Gasteiger partial charge in [-0.25, -0.2) is 13.8 Å². The van der Waals surface area contributed by atoms with Crippen molar-refractivity contribution in [3.05, 3.63) is 57.7 Å². The van der Waals surface area contributed by atoms with Crippen LogP contribution in [0.3, 0.4) is 0 Å². The number of halogens is 2. The quantitative estimate of drug-likeness (QED) is 0.472. The summed E-state index contributed by atoms with van der Waals surface area (Å²) in [5.74, 6) is -1.06. The van der Waals surface area contributed by atoms with Crippen LogP contribution < -0.4 is 17.0 Å². The molecular formula is C23H22F2N4O2. The van der Waals surface area contributed by atoms with Gasteiger partial charge in [-0.1, -0.05) is 6.07 Å². The first-order valence-corrected chi connectivity index (χ1v) is 10.1. The fourth-order valence-electron chi connectivity index (χ4n) is 4.07. The number of nitrogens with zero attached hydrogens (tertiary/aromatic N) is 2. The van der Waals surface area contributed by atoms with Gasteiger partial charge in [-0.15, -0.1) is 0 Å². The summed E-state index contributed by atoms with van der Waals surface area (Å²) in [4.78, 5) is 17.8. The molecule has 8 heteroatoms. The Kier molecular flexibility index (Phi) is 4.05. The van der Waals surface area contributed by atoms with E-state index in [0.717, 1.165) is 25.0 Å². The Balaban J connectivity index is 1.90. The molecule has 1 aliphatic rings. The van der Waals surface area contributed by atoms with Crippen LogP contribution in [-0.4, -0.2) is 9.55 Å². The van der Waals surface area contributed by atoms with Crippen LogP contribution in [0.1, 0.15) is 44.2 Å². The number of aromatic nitrogens is 2. The number of rotatable bonds is 3. The molecule has 0 spiro atoms. The molecule has 4 N–H and O–H groups in total. The first-order chi connectivity index (χ1) is 14.6. The predicted molar refractivity (Wildman–Crippen MR) is 116 cm³/mol. The summed E-state index contributed by atoms with van der Waals surface area (Å²) in [6, 6.07) is 5.54. The van der Waals surface area contributed by atoms with Crippen molar-refractivity contribution in [3.63, 3.8) is 0 Å². The molecule has 0 bridgehead atoms. The molecule has 1 aliphatic carbocycles. The van der Waals surface area contributed by atoms with Crippen LogP contribution in [-0.2, 0) is 5.54 Å². The van der Waals surface area contributed by atoms with E-state index < -0.39 is 17.2 Å². The lowest BCUT2D eigenvalue weighted by Crippen LogP contribution is -2.29. The van der Waals surface area contributed by atoms with Gasteiger partial charge in [0.05, 0.1) is 16.7 Å². The molecule has 4 aromatic rings. The zero-order valence-electron chi connectivity index (χ0n) is 17.4. The maximum Gasteiger partial charge on any atom is 0.281 e. The highest BCUT2D eigenvalue weighted by Crippen LogP contribution is 2.41. The Morgan fingerprint density at radius 3 is 2.52 bits per heavy atom. The molecule has 2 heterocycles. The van der Waals surface area contributed by atoms with E-state index in [1.807, 2.05) is 0 Å². The van der Waals surface area contributed by atoms with Gasteiger partial charge < -0.3 is 20.5 Å². The van der Waals surface area contributed by atoms with Crippen molar-refractivity contribution in [1.82, 2.24) is 9.55 Å². The molecule has 0 atom stereocenters. The maximum absolute atomic E-state index is 14.7. The Morgan fingerprint density at radius 1 is 1.16 bits per heavy atom. The summed E-state index contributed by atoms with van der Waals surface area (Å²) >= 11 is 0. The van der Waals surface area contributed by atoms with E-state index in [-0.39, 0.29) is 34.3 Å².